The summed E-state index contributed by atoms with van der Waals surface area (Å²) in [6, 6.07) is 11.3. The maximum absolute atomic E-state index is 13.5. The second-order valence-corrected chi connectivity index (χ2v) is 9.66. The highest BCUT2D eigenvalue weighted by molar-refractivity contribution is 7.81. The molecule has 3 rings (SSSR count). The smallest absolute Gasteiger partial charge is 0.417 e. The fourth-order valence-corrected chi connectivity index (χ4v) is 4.50. The number of alkyl halides is 3. The van der Waals surface area contributed by atoms with Crippen molar-refractivity contribution in [1.82, 2.24) is 0 Å². The van der Waals surface area contributed by atoms with E-state index in [9.17, 15) is 22.8 Å². The van der Waals surface area contributed by atoms with Crippen LogP contribution in [0.15, 0.2) is 42.5 Å². The molecule has 0 bridgehead atoms. The van der Waals surface area contributed by atoms with E-state index in [1.54, 1.807) is 63.8 Å². The lowest BCUT2D eigenvalue weighted by atomic mass is 10.0. The van der Waals surface area contributed by atoms with Gasteiger partial charge in [0.05, 0.1) is 35.6 Å². The summed E-state index contributed by atoms with van der Waals surface area (Å²) >= 11 is 5.55. The summed E-state index contributed by atoms with van der Waals surface area (Å²) in [5.74, 6) is -0.498. The molecule has 1 amide bonds. The molecular formula is C27H28F3N3O5S. The van der Waals surface area contributed by atoms with Gasteiger partial charge in [0, 0.05) is 5.69 Å². The molecule has 0 saturated carbocycles. The highest BCUT2D eigenvalue weighted by Gasteiger charge is 2.50. The van der Waals surface area contributed by atoms with Crippen molar-refractivity contribution in [3.8, 4) is 11.8 Å². The fourth-order valence-electron chi connectivity index (χ4n) is 3.98. The Balaban J connectivity index is 1.80. The molecule has 0 N–H and O–H groups in total. The first-order valence-corrected chi connectivity index (χ1v) is 12.5. The second kappa shape index (κ2) is 11.6. The van der Waals surface area contributed by atoms with Crippen LogP contribution in [-0.4, -0.2) is 47.9 Å². The number of halogens is 3. The summed E-state index contributed by atoms with van der Waals surface area (Å²) in [5.41, 5.74) is -2.47. The lowest BCUT2D eigenvalue weighted by Crippen LogP contribution is -2.44. The zero-order valence-corrected chi connectivity index (χ0v) is 22.9. The van der Waals surface area contributed by atoms with Crippen LogP contribution in [0, 0.1) is 11.3 Å². The first kappa shape index (κ1) is 29.9. The van der Waals surface area contributed by atoms with Crippen molar-refractivity contribution in [1.29, 1.82) is 5.26 Å². The predicted molar refractivity (Wildman–Crippen MR) is 141 cm³/mol. The van der Waals surface area contributed by atoms with Gasteiger partial charge in [-0.1, -0.05) is 0 Å². The summed E-state index contributed by atoms with van der Waals surface area (Å²) in [7, 11) is 0. The molecule has 1 saturated heterocycles. The van der Waals surface area contributed by atoms with Crippen molar-refractivity contribution in [2.75, 3.05) is 23.0 Å². The van der Waals surface area contributed by atoms with E-state index < -0.39 is 46.9 Å². The van der Waals surface area contributed by atoms with Crippen molar-refractivity contribution in [3.05, 3.63) is 53.6 Å². The van der Waals surface area contributed by atoms with E-state index >= 15 is 0 Å². The normalized spacial score (nSPS) is 16.6. The second-order valence-electron chi connectivity index (χ2n) is 9.30. The first-order valence-electron chi connectivity index (χ1n) is 12.1. The van der Waals surface area contributed by atoms with E-state index in [-0.39, 0.29) is 24.0 Å². The Morgan fingerprint density at radius 2 is 1.72 bits per heavy atom. The number of hydrogen-bond acceptors (Lipinski definition) is 7. The Labute approximate surface area is 229 Å². The number of carbonyl (C=O) groups is 2. The van der Waals surface area contributed by atoms with Gasteiger partial charge >= 0.3 is 12.1 Å². The summed E-state index contributed by atoms with van der Waals surface area (Å²) in [6.07, 6.45) is -5.61. The molecule has 0 aromatic heterocycles. The molecule has 1 heterocycles. The average molecular weight is 564 g/mol. The monoisotopic (exact) mass is 563 g/mol. The number of hydrogen-bond donors (Lipinski definition) is 0. The van der Waals surface area contributed by atoms with Crippen LogP contribution in [0.3, 0.4) is 0 Å². The van der Waals surface area contributed by atoms with E-state index in [1.807, 2.05) is 0 Å². The molecule has 2 atom stereocenters. The third-order valence-electron chi connectivity index (χ3n) is 6.20. The van der Waals surface area contributed by atoms with Gasteiger partial charge in [0.1, 0.15) is 24.0 Å². The summed E-state index contributed by atoms with van der Waals surface area (Å²) in [5, 5.41) is 9.08. The van der Waals surface area contributed by atoms with E-state index in [0.29, 0.717) is 11.4 Å². The Hall–Kier alpha value is -3.69. The SMILES string of the molecule is CCOC(=O)CO[C@H](C)C(C)Oc1ccc(N2C(=S)N(c3ccc(C#N)c(C(F)(F)F)c3)C(=O)C2(C)C)cc1. The van der Waals surface area contributed by atoms with Crippen molar-refractivity contribution in [2.45, 2.75) is 58.5 Å². The number of rotatable bonds is 9. The van der Waals surface area contributed by atoms with Crippen LogP contribution in [0.2, 0.25) is 0 Å². The number of esters is 1. The summed E-state index contributed by atoms with van der Waals surface area (Å²) in [6.45, 7) is 8.55. The molecule has 1 aliphatic heterocycles. The molecule has 8 nitrogen and oxygen atoms in total. The van der Waals surface area contributed by atoms with Crippen LogP contribution < -0.4 is 14.5 Å². The highest BCUT2D eigenvalue weighted by atomic mass is 32.1. The Morgan fingerprint density at radius 1 is 1.10 bits per heavy atom. The van der Waals surface area contributed by atoms with Gasteiger partial charge in [0.2, 0.25) is 0 Å². The minimum atomic E-state index is -4.78. The van der Waals surface area contributed by atoms with Crippen LogP contribution in [0.25, 0.3) is 0 Å². The summed E-state index contributed by atoms with van der Waals surface area (Å²) in [4.78, 5) is 27.4. The zero-order chi connectivity index (χ0) is 29.1. The quantitative estimate of drug-likeness (QED) is 0.303. The van der Waals surface area contributed by atoms with Gasteiger partial charge < -0.3 is 19.1 Å². The Kier molecular flexibility index (Phi) is 8.87. The van der Waals surface area contributed by atoms with Crippen LogP contribution in [0.1, 0.15) is 45.7 Å². The molecule has 1 unspecified atom stereocenters. The van der Waals surface area contributed by atoms with E-state index in [1.165, 1.54) is 12.1 Å². The predicted octanol–water partition coefficient (Wildman–Crippen LogP) is 5.23. The Bertz CT molecular complexity index is 1290. The number of benzene rings is 2. The molecule has 0 spiro atoms. The van der Waals surface area contributed by atoms with E-state index in [0.717, 1.165) is 17.0 Å². The minimum Gasteiger partial charge on any atom is -0.488 e. The standard InChI is InChI=1S/C27H28F3N3O5S/c1-6-36-23(34)15-37-16(2)17(3)38-21-11-9-19(10-12-21)33-25(39)32(24(35)26(33,4)5)20-8-7-18(14-31)22(13-20)27(28,29)30/h7-13,16-17H,6,15H2,1-5H3/t16-,17?/m1/s1. The molecule has 208 valence electrons. The van der Waals surface area contributed by atoms with Gasteiger partial charge in [-0.2, -0.15) is 18.4 Å². The number of carbonyl (C=O) groups excluding carboxylic acids is 2. The molecule has 12 heteroatoms. The number of thiocarbonyl (C=S) groups is 1. The van der Waals surface area contributed by atoms with Crippen molar-refractivity contribution in [2.24, 2.45) is 0 Å². The van der Waals surface area contributed by atoms with Gasteiger partial charge in [-0.25, -0.2) is 4.79 Å². The van der Waals surface area contributed by atoms with E-state index in [2.05, 4.69) is 0 Å². The van der Waals surface area contributed by atoms with Gasteiger partial charge in [-0.15, -0.1) is 0 Å². The molecule has 0 aliphatic carbocycles. The lowest BCUT2D eigenvalue weighted by Gasteiger charge is -2.29. The third-order valence-corrected chi connectivity index (χ3v) is 6.57. The van der Waals surface area contributed by atoms with Gasteiger partial charge in [-0.3, -0.25) is 9.69 Å². The third kappa shape index (κ3) is 6.32. The lowest BCUT2D eigenvalue weighted by molar-refractivity contribution is -0.151. The summed E-state index contributed by atoms with van der Waals surface area (Å²) < 4.78 is 56.9. The first-order chi connectivity index (χ1) is 18.2. The fraction of sp³-hybridized carbons (Fsp3) is 0.407. The molecule has 2 aromatic rings. The van der Waals surface area contributed by atoms with Crippen LogP contribution >= 0.6 is 12.2 Å². The van der Waals surface area contributed by atoms with Gasteiger partial charge in [-0.05, 0) is 89.3 Å². The van der Waals surface area contributed by atoms with Crippen molar-refractivity contribution >= 4 is 40.6 Å². The van der Waals surface area contributed by atoms with Crippen LogP contribution in [0.5, 0.6) is 5.75 Å². The Morgan fingerprint density at radius 3 is 2.28 bits per heavy atom. The van der Waals surface area contributed by atoms with Crippen molar-refractivity contribution in [3.63, 3.8) is 0 Å². The average Bonchev–Trinajstić information content (AvgIpc) is 3.05. The van der Waals surface area contributed by atoms with Crippen molar-refractivity contribution < 1.29 is 37.0 Å². The maximum atomic E-state index is 13.5. The number of nitrogens with zero attached hydrogens (tertiary/aromatic N) is 3. The topological polar surface area (TPSA) is 92.1 Å². The number of ether oxygens (including phenoxy) is 3. The largest absolute Gasteiger partial charge is 0.488 e. The molecule has 0 radical (unpaired) electrons. The molecule has 1 fully saturated rings. The molecule has 39 heavy (non-hydrogen) atoms. The molecular weight excluding hydrogens is 535 g/mol. The molecule has 1 aliphatic rings. The maximum Gasteiger partial charge on any atom is 0.417 e. The van der Waals surface area contributed by atoms with Gasteiger partial charge in [0.15, 0.2) is 5.11 Å². The van der Waals surface area contributed by atoms with Crippen LogP contribution in [0.4, 0.5) is 24.5 Å². The number of anilines is 2. The number of nitriles is 1. The number of amides is 1. The van der Waals surface area contributed by atoms with Crippen LogP contribution in [-0.2, 0) is 25.2 Å². The van der Waals surface area contributed by atoms with Gasteiger partial charge in [0.25, 0.3) is 5.91 Å². The zero-order valence-electron chi connectivity index (χ0n) is 22.0. The minimum absolute atomic E-state index is 0.00847. The molecule has 2 aromatic carbocycles. The highest BCUT2D eigenvalue weighted by Crippen LogP contribution is 2.40. The van der Waals surface area contributed by atoms with E-state index in [4.69, 9.17) is 31.7 Å².